The molecule has 2 N–H and O–H groups in total. The molecule has 0 aliphatic heterocycles. The molecule has 1 aliphatic carbocycles. The van der Waals surface area contributed by atoms with E-state index in [4.69, 9.17) is 0 Å². The summed E-state index contributed by atoms with van der Waals surface area (Å²) in [5.41, 5.74) is 0. The zero-order valence-electron chi connectivity index (χ0n) is 9.83. The fraction of sp³-hybridized carbons (Fsp3) is 0.917. The van der Waals surface area contributed by atoms with Gasteiger partial charge in [-0.15, -0.1) is 0 Å². The van der Waals surface area contributed by atoms with Gasteiger partial charge in [0, 0.05) is 12.5 Å². The highest BCUT2D eigenvalue weighted by atomic mass is 16.3. The SMILES string of the molecule is CCC(CC)C(=O)NC[C@H]1CC[C@H](O)C1. The van der Waals surface area contributed by atoms with Gasteiger partial charge in [-0.25, -0.2) is 0 Å². The Kier molecular flexibility index (Phi) is 5.09. The molecule has 0 spiro atoms. The van der Waals surface area contributed by atoms with Gasteiger partial charge in [0.1, 0.15) is 0 Å². The van der Waals surface area contributed by atoms with Gasteiger partial charge in [0.05, 0.1) is 6.10 Å². The van der Waals surface area contributed by atoms with E-state index in [2.05, 4.69) is 5.32 Å². The van der Waals surface area contributed by atoms with Crippen molar-refractivity contribution in [1.82, 2.24) is 5.32 Å². The molecule has 3 nitrogen and oxygen atoms in total. The van der Waals surface area contributed by atoms with Crippen molar-refractivity contribution in [1.29, 1.82) is 0 Å². The molecule has 1 aliphatic rings. The highest BCUT2D eigenvalue weighted by molar-refractivity contribution is 5.78. The summed E-state index contributed by atoms with van der Waals surface area (Å²) in [5, 5.41) is 12.4. The van der Waals surface area contributed by atoms with Crippen LogP contribution in [0.3, 0.4) is 0 Å². The van der Waals surface area contributed by atoms with E-state index in [0.29, 0.717) is 5.92 Å². The smallest absolute Gasteiger partial charge is 0.223 e. The third-order valence-electron chi connectivity index (χ3n) is 3.43. The summed E-state index contributed by atoms with van der Waals surface area (Å²) >= 11 is 0. The van der Waals surface area contributed by atoms with E-state index in [1.54, 1.807) is 0 Å². The van der Waals surface area contributed by atoms with Crippen LogP contribution in [0.25, 0.3) is 0 Å². The van der Waals surface area contributed by atoms with Crippen molar-refractivity contribution in [3.8, 4) is 0 Å². The van der Waals surface area contributed by atoms with Gasteiger partial charge in [0.2, 0.25) is 5.91 Å². The Morgan fingerprint density at radius 1 is 1.40 bits per heavy atom. The first-order valence-electron chi connectivity index (χ1n) is 6.13. The molecule has 15 heavy (non-hydrogen) atoms. The summed E-state index contributed by atoms with van der Waals surface area (Å²) in [7, 11) is 0. The number of aliphatic hydroxyl groups excluding tert-OH is 1. The van der Waals surface area contributed by atoms with Crippen LogP contribution in [0.2, 0.25) is 0 Å². The van der Waals surface area contributed by atoms with Crippen LogP contribution in [0, 0.1) is 11.8 Å². The first-order valence-corrected chi connectivity index (χ1v) is 6.13. The molecule has 88 valence electrons. The van der Waals surface area contributed by atoms with E-state index < -0.39 is 0 Å². The summed E-state index contributed by atoms with van der Waals surface area (Å²) in [4.78, 5) is 11.7. The molecule has 1 fully saturated rings. The fourth-order valence-corrected chi connectivity index (χ4v) is 2.28. The molecular weight excluding hydrogens is 190 g/mol. The van der Waals surface area contributed by atoms with Crippen molar-refractivity contribution in [3.63, 3.8) is 0 Å². The zero-order chi connectivity index (χ0) is 11.3. The zero-order valence-corrected chi connectivity index (χ0v) is 9.83. The van der Waals surface area contributed by atoms with E-state index >= 15 is 0 Å². The number of hydrogen-bond donors (Lipinski definition) is 2. The summed E-state index contributed by atoms with van der Waals surface area (Å²) in [6.07, 6.45) is 4.48. The van der Waals surface area contributed by atoms with E-state index in [9.17, 15) is 9.90 Å². The number of hydrogen-bond acceptors (Lipinski definition) is 2. The second-order valence-corrected chi connectivity index (χ2v) is 4.59. The number of rotatable bonds is 5. The lowest BCUT2D eigenvalue weighted by atomic mass is 10.0. The molecule has 0 saturated heterocycles. The van der Waals surface area contributed by atoms with E-state index in [0.717, 1.165) is 38.6 Å². The number of carbonyl (C=O) groups is 1. The number of amides is 1. The van der Waals surface area contributed by atoms with E-state index in [1.807, 2.05) is 13.8 Å². The topological polar surface area (TPSA) is 49.3 Å². The molecular formula is C12H23NO2. The normalized spacial score (nSPS) is 25.9. The molecule has 2 atom stereocenters. The fourth-order valence-electron chi connectivity index (χ4n) is 2.28. The van der Waals surface area contributed by atoms with Crippen molar-refractivity contribution in [2.24, 2.45) is 11.8 Å². The largest absolute Gasteiger partial charge is 0.393 e. The van der Waals surface area contributed by atoms with Gasteiger partial charge in [-0.1, -0.05) is 13.8 Å². The maximum atomic E-state index is 11.7. The Bertz CT molecular complexity index is 202. The second-order valence-electron chi connectivity index (χ2n) is 4.59. The Morgan fingerprint density at radius 3 is 2.53 bits per heavy atom. The van der Waals surface area contributed by atoms with Crippen molar-refractivity contribution < 1.29 is 9.90 Å². The predicted molar refractivity (Wildman–Crippen MR) is 60.4 cm³/mol. The predicted octanol–water partition coefficient (Wildman–Crippen LogP) is 1.70. The summed E-state index contributed by atoms with van der Waals surface area (Å²) in [6, 6.07) is 0. The molecule has 0 unspecified atom stereocenters. The van der Waals surface area contributed by atoms with E-state index in [1.165, 1.54) is 0 Å². The van der Waals surface area contributed by atoms with Crippen LogP contribution in [-0.2, 0) is 4.79 Å². The summed E-state index contributed by atoms with van der Waals surface area (Å²) in [5.74, 6) is 0.830. The van der Waals surface area contributed by atoms with Crippen molar-refractivity contribution >= 4 is 5.91 Å². The molecule has 0 aromatic rings. The highest BCUT2D eigenvalue weighted by Gasteiger charge is 2.23. The van der Waals surface area contributed by atoms with Crippen molar-refractivity contribution in [3.05, 3.63) is 0 Å². The Labute approximate surface area is 92.3 Å². The summed E-state index contributed by atoms with van der Waals surface area (Å²) < 4.78 is 0. The molecule has 1 amide bonds. The van der Waals surface area contributed by atoms with Gasteiger partial charge >= 0.3 is 0 Å². The molecule has 0 radical (unpaired) electrons. The van der Waals surface area contributed by atoms with Crippen LogP contribution in [-0.4, -0.2) is 23.7 Å². The molecule has 1 rings (SSSR count). The third kappa shape index (κ3) is 3.82. The Hall–Kier alpha value is -0.570. The van der Waals surface area contributed by atoms with Crippen molar-refractivity contribution in [2.45, 2.75) is 52.1 Å². The molecule has 0 aromatic heterocycles. The van der Waals surface area contributed by atoms with Crippen molar-refractivity contribution in [2.75, 3.05) is 6.54 Å². The lowest BCUT2D eigenvalue weighted by molar-refractivity contribution is -0.125. The monoisotopic (exact) mass is 213 g/mol. The van der Waals surface area contributed by atoms with Gasteiger partial charge in [-0.2, -0.15) is 0 Å². The van der Waals surface area contributed by atoms with Gasteiger partial charge in [0.15, 0.2) is 0 Å². The lowest BCUT2D eigenvalue weighted by Gasteiger charge is -2.15. The van der Waals surface area contributed by atoms with Gasteiger partial charge < -0.3 is 10.4 Å². The minimum atomic E-state index is -0.139. The molecule has 1 saturated carbocycles. The van der Waals surface area contributed by atoms with Crippen LogP contribution < -0.4 is 5.32 Å². The first-order chi connectivity index (χ1) is 7.17. The number of aliphatic hydroxyl groups is 1. The maximum absolute atomic E-state index is 11.7. The van der Waals surface area contributed by atoms with Gasteiger partial charge in [-0.05, 0) is 38.0 Å². The van der Waals surface area contributed by atoms with Crippen LogP contribution in [0.4, 0.5) is 0 Å². The molecule has 0 aromatic carbocycles. The lowest BCUT2D eigenvalue weighted by Crippen LogP contribution is -2.33. The van der Waals surface area contributed by atoms with Crippen LogP contribution in [0.15, 0.2) is 0 Å². The minimum absolute atomic E-state index is 0.139. The maximum Gasteiger partial charge on any atom is 0.223 e. The molecule has 0 heterocycles. The quantitative estimate of drug-likeness (QED) is 0.730. The highest BCUT2D eigenvalue weighted by Crippen LogP contribution is 2.24. The minimum Gasteiger partial charge on any atom is -0.393 e. The second kappa shape index (κ2) is 6.11. The molecule has 0 bridgehead atoms. The molecule has 3 heteroatoms. The standard InChI is InChI=1S/C12H23NO2/c1-3-10(4-2)12(15)13-8-9-5-6-11(14)7-9/h9-11,14H,3-8H2,1-2H3,(H,13,15)/t9-,11-/m0/s1. The van der Waals surface area contributed by atoms with Crippen LogP contribution in [0.5, 0.6) is 0 Å². The van der Waals surface area contributed by atoms with Crippen LogP contribution in [0.1, 0.15) is 46.0 Å². The van der Waals surface area contributed by atoms with Gasteiger partial charge in [0.25, 0.3) is 0 Å². The average molecular weight is 213 g/mol. The van der Waals surface area contributed by atoms with Crippen LogP contribution >= 0.6 is 0 Å². The average Bonchev–Trinajstić information content (AvgIpc) is 2.63. The number of carbonyl (C=O) groups excluding carboxylic acids is 1. The van der Waals surface area contributed by atoms with Gasteiger partial charge in [-0.3, -0.25) is 4.79 Å². The number of nitrogens with one attached hydrogen (secondary N) is 1. The third-order valence-corrected chi connectivity index (χ3v) is 3.43. The Balaban J connectivity index is 2.21. The first kappa shape index (κ1) is 12.5. The van der Waals surface area contributed by atoms with E-state index in [-0.39, 0.29) is 17.9 Å². The Morgan fingerprint density at radius 2 is 2.07 bits per heavy atom. The summed E-state index contributed by atoms with van der Waals surface area (Å²) in [6.45, 7) is 4.84.